The van der Waals surface area contributed by atoms with E-state index in [1.807, 2.05) is 0 Å². The van der Waals surface area contributed by atoms with Crippen LogP contribution in [0.1, 0.15) is 13.8 Å². The van der Waals surface area contributed by atoms with Crippen molar-refractivity contribution in [2.45, 2.75) is 26.5 Å². The molecule has 1 fully saturated rings. The number of nitrogens with zero attached hydrogens (tertiary/aromatic N) is 1. The fourth-order valence-corrected chi connectivity index (χ4v) is 2.56. The third kappa shape index (κ3) is 6.09. The maximum atomic E-state index is 12.9. The van der Waals surface area contributed by atoms with Crippen LogP contribution < -0.4 is 26.0 Å². The van der Waals surface area contributed by atoms with Gasteiger partial charge in [-0.2, -0.15) is 8.78 Å². The predicted molar refractivity (Wildman–Crippen MR) is 101 cm³/mol. The van der Waals surface area contributed by atoms with E-state index in [9.17, 15) is 23.2 Å². The highest BCUT2D eigenvalue weighted by Gasteiger charge is 2.25. The molecule has 0 saturated carbocycles. The number of hydrogen-bond donors (Lipinski definition) is 3. The number of carbonyl (C=O) groups is 3. The molecule has 0 aromatic heterocycles. The summed E-state index contributed by atoms with van der Waals surface area (Å²) >= 11 is 0. The highest BCUT2D eigenvalue weighted by atomic mass is 19.3. The molecule has 1 saturated heterocycles. The van der Waals surface area contributed by atoms with E-state index in [2.05, 4.69) is 15.4 Å². The first-order valence-corrected chi connectivity index (χ1v) is 9.01. The number of rotatable bonds is 8. The highest BCUT2D eigenvalue weighted by Crippen LogP contribution is 2.32. The molecule has 1 aromatic rings. The molecule has 2 rings (SSSR count). The minimum atomic E-state index is -3.15. The van der Waals surface area contributed by atoms with Gasteiger partial charge in [0, 0.05) is 30.8 Å². The summed E-state index contributed by atoms with van der Waals surface area (Å²) in [6, 6.07) is 3.01. The summed E-state index contributed by atoms with van der Waals surface area (Å²) < 4.78 is 35.3. The number of morpholine rings is 1. The molecule has 0 radical (unpaired) electrons. The lowest BCUT2D eigenvalue weighted by Crippen LogP contribution is -2.49. The average molecular weight is 414 g/mol. The van der Waals surface area contributed by atoms with E-state index in [0.29, 0.717) is 12.3 Å². The summed E-state index contributed by atoms with van der Waals surface area (Å²) in [6.07, 6.45) is 0. The second kappa shape index (κ2) is 10.1. The van der Waals surface area contributed by atoms with Gasteiger partial charge in [-0.15, -0.1) is 0 Å². The van der Waals surface area contributed by atoms with Gasteiger partial charge in [0.25, 0.3) is 5.91 Å². The maximum absolute atomic E-state index is 12.9. The minimum Gasteiger partial charge on any atom is -0.433 e. The standard InChI is InChI=1S/C18H24F2N4O5/c1-10(2)16(26)23-13(8-21)17(27)22-12-4-3-11(7-14(12)29-18(19)20)24-5-6-28-9-15(24)25/h3-4,7,10,13,18H,5-6,8-9,21H2,1-2H3,(H,22,27)(H,23,26)/t13-/m0/s1. The largest absolute Gasteiger partial charge is 0.433 e. The first-order chi connectivity index (χ1) is 13.7. The van der Waals surface area contributed by atoms with Crippen LogP contribution in [0.5, 0.6) is 5.75 Å². The summed E-state index contributed by atoms with van der Waals surface area (Å²) in [5.74, 6) is -2.07. The molecular formula is C18H24F2N4O5. The Balaban J connectivity index is 2.22. The molecule has 11 heteroatoms. The number of carbonyl (C=O) groups excluding carboxylic acids is 3. The molecule has 1 aromatic carbocycles. The van der Waals surface area contributed by atoms with Crippen molar-refractivity contribution >= 4 is 29.1 Å². The summed E-state index contributed by atoms with van der Waals surface area (Å²) in [7, 11) is 0. The first kappa shape index (κ1) is 22.5. The third-order valence-corrected chi connectivity index (χ3v) is 4.13. The molecule has 1 aliphatic heterocycles. The van der Waals surface area contributed by atoms with E-state index in [0.717, 1.165) is 0 Å². The lowest BCUT2D eigenvalue weighted by molar-refractivity contribution is -0.128. The summed E-state index contributed by atoms with van der Waals surface area (Å²) in [5, 5.41) is 4.92. The number of ether oxygens (including phenoxy) is 2. The van der Waals surface area contributed by atoms with Gasteiger partial charge in [-0.05, 0) is 12.1 Å². The number of hydrogen-bond acceptors (Lipinski definition) is 6. The van der Waals surface area contributed by atoms with Crippen LogP contribution in [-0.4, -0.2) is 56.7 Å². The van der Waals surface area contributed by atoms with Crippen LogP contribution in [0.2, 0.25) is 0 Å². The van der Waals surface area contributed by atoms with Crippen LogP contribution in [0.15, 0.2) is 18.2 Å². The second-order valence-electron chi connectivity index (χ2n) is 6.60. The zero-order valence-electron chi connectivity index (χ0n) is 16.1. The van der Waals surface area contributed by atoms with Crippen molar-refractivity contribution in [3.63, 3.8) is 0 Å². The van der Waals surface area contributed by atoms with Gasteiger partial charge in [-0.1, -0.05) is 13.8 Å². The average Bonchev–Trinajstić information content (AvgIpc) is 2.67. The van der Waals surface area contributed by atoms with Crippen molar-refractivity contribution in [3.8, 4) is 5.75 Å². The molecule has 29 heavy (non-hydrogen) atoms. The monoisotopic (exact) mass is 414 g/mol. The van der Waals surface area contributed by atoms with E-state index in [1.54, 1.807) is 13.8 Å². The van der Waals surface area contributed by atoms with Crippen molar-refractivity contribution in [2.24, 2.45) is 11.7 Å². The molecule has 1 heterocycles. The van der Waals surface area contributed by atoms with Crippen molar-refractivity contribution < 1.29 is 32.6 Å². The zero-order chi connectivity index (χ0) is 21.6. The molecule has 1 atom stereocenters. The quantitative estimate of drug-likeness (QED) is 0.575. The molecule has 0 spiro atoms. The number of nitrogens with two attached hydrogens (primary N) is 1. The van der Waals surface area contributed by atoms with E-state index in [-0.39, 0.29) is 48.9 Å². The van der Waals surface area contributed by atoms with Crippen molar-refractivity contribution in [1.82, 2.24) is 5.32 Å². The Bertz CT molecular complexity index is 760. The van der Waals surface area contributed by atoms with Crippen LogP contribution in [0, 0.1) is 5.92 Å². The Labute approximate surface area is 166 Å². The molecule has 0 unspecified atom stereocenters. The Morgan fingerprint density at radius 2 is 2.03 bits per heavy atom. The fraction of sp³-hybridized carbons (Fsp3) is 0.500. The highest BCUT2D eigenvalue weighted by molar-refractivity contribution is 5.99. The molecule has 3 amide bonds. The van der Waals surface area contributed by atoms with Crippen LogP contribution in [0.4, 0.5) is 20.2 Å². The third-order valence-electron chi connectivity index (χ3n) is 4.13. The SMILES string of the molecule is CC(C)C(=O)N[C@@H](CN)C(=O)Nc1ccc(N2CCOCC2=O)cc1OC(F)F. The maximum Gasteiger partial charge on any atom is 0.387 e. The van der Waals surface area contributed by atoms with Gasteiger partial charge in [0.15, 0.2) is 5.75 Å². The van der Waals surface area contributed by atoms with Gasteiger partial charge >= 0.3 is 6.61 Å². The van der Waals surface area contributed by atoms with Gasteiger partial charge in [0.05, 0.1) is 12.3 Å². The fourth-order valence-electron chi connectivity index (χ4n) is 2.56. The van der Waals surface area contributed by atoms with Gasteiger partial charge in [0.2, 0.25) is 11.8 Å². The lowest BCUT2D eigenvalue weighted by Gasteiger charge is -2.27. The van der Waals surface area contributed by atoms with E-state index >= 15 is 0 Å². The lowest BCUT2D eigenvalue weighted by atomic mass is 10.1. The Hall–Kier alpha value is -2.79. The van der Waals surface area contributed by atoms with E-state index in [4.69, 9.17) is 10.5 Å². The van der Waals surface area contributed by atoms with Gasteiger partial charge in [-0.3, -0.25) is 14.4 Å². The van der Waals surface area contributed by atoms with Crippen LogP contribution in [0.25, 0.3) is 0 Å². The van der Waals surface area contributed by atoms with Gasteiger partial charge < -0.3 is 30.7 Å². The van der Waals surface area contributed by atoms with Gasteiger partial charge in [-0.25, -0.2) is 0 Å². The Kier molecular flexibility index (Phi) is 7.85. The summed E-state index contributed by atoms with van der Waals surface area (Å²) in [5.41, 5.74) is 5.83. The number of alkyl halides is 2. The van der Waals surface area contributed by atoms with Crippen LogP contribution in [0.3, 0.4) is 0 Å². The normalized spacial score (nSPS) is 15.4. The van der Waals surface area contributed by atoms with Gasteiger partial charge in [0.1, 0.15) is 12.6 Å². The predicted octanol–water partition coefficient (Wildman–Crippen LogP) is 0.689. The summed E-state index contributed by atoms with van der Waals surface area (Å²) in [6.45, 7) is 0.430. The van der Waals surface area contributed by atoms with Crippen molar-refractivity contribution in [1.29, 1.82) is 0 Å². The van der Waals surface area contributed by atoms with Crippen LogP contribution >= 0.6 is 0 Å². The number of halogens is 2. The molecule has 4 N–H and O–H groups in total. The van der Waals surface area contributed by atoms with Crippen molar-refractivity contribution in [3.05, 3.63) is 18.2 Å². The van der Waals surface area contributed by atoms with Crippen LogP contribution in [-0.2, 0) is 19.1 Å². The molecule has 9 nitrogen and oxygen atoms in total. The Morgan fingerprint density at radius 3 is 2.62 bits per heavy atom. The zero-order valence-corrected chi connectivity index (χ0v) is 16.1. The second-order valence-corrected chi connectivity index (χ2v) is 6.60. The number of anilines is 2. The van der Waals surface area contributed by atoms with E-state index in [1.165, 1.54) is 23.1 Å². The molecule has 0 aliphatic carbocycles. The minimum absolute atomic E-state index is 0.0444. The Morgan fingerprint density at radius 1 is 1.31 bits per heavy atom. The molecule has 1 aliphatic rings. The molecule has 160 valence electrons. The van der Waals surface area contributed by atoms with Crippen molar-refractivity contribution in [2.75, 3.05) is 36.5 Å². The first-order valence-electron chi connectivity index (χ1n) is 9.01. The molecular weight excluding hydrogens is 390 g/mol. The topological polar surface area (TPSA) is 123 Å². The number of nitrogens with one attached hydrogen (secondary N) is 2. The number of amides is 3. The molecule has 0 bridgehead atoms. The summed E-state index contributed by atoms with van der Waals surface area (Å²) in [4.78, 5) is 37.6. The smallest absolute Gasteiger partial charge is 0.387 e. The van der Waals surface area contributed by atoms with E-state index < -0.39 is 18.6 Å². The number of benzene rings is 1.